The summed E-state index contributed by atoms with van der Waals surface area (Å²) in [6, 6.07) is 4.28. The number of fused-ring (bicyclic) bond motifs is 2. The maximum absolute atomic E-state index is 12.8. The van der Waals surface area contributed by atoms with Gasteiger partial charge in [-0.25, -0.2) is 4.98 Å². The monoisotopic (exact) mass is 394 g/mol. The molecule has 0 radical (unpaired) electrons. The second-order valence-corrected chi connectivity index (χ2v) is 8.09. The maximum Gasteiger partial charge on any atom is 0.227 e. The van der Waals surface area contributed by atoms with Gasteiger partial charge in [-0.05, 0) is 56.6 Å². The second-order valence-electron chi connectivity index (χ2n) is 8.09. The average molecular weight is 395 g/mol. The zero-order chi connectivity index (χ0) is 18.1. The molecule has 3 fully saturated rings. The zero-order valence-corrected chi connectivity index (χ0v) is 16.8. The number of hydrogen-bond donors (Lipinski definition) is 2. The Morgan fingerprint density at radius 1 is 1.22 bits per heavy atom. The SMILES string of the molecule is Cc1nc(N2CCOCC2)ccc1NC(=O)C1CC2CCCC(C1)C2N.Cl. The van der Waals surface area contributed by atoms with Gasteiger partial charge in [0.2, 0.25) is 5.91 Å². The van der Waals surface area contributed by atoms with Crippen molar-refractivity contribution in [2.75, 3.05) is 36.5 Å². The van der Waals surface area contributed by atoms with Crippen LogP contribution in [-0.4, -0.2) is 43.2 Å². The number of ether oxygens (including phenoxy) is 1. The van der Waals surface area contributed by atoms with Crippen molar-refractivity contribution in [3.05, 3.63) is 17.8 Å². The van der Waals surface area contributed by atoms with E-state index in [-0.39, 0.29) is 24.2 Å². The van der Waals surface area contributed by atoms with Crippen molar-refractivity contribution in [3.63, 3.8) is 0 Å². The summed E-state index contributed by atoms with van der Waals surface area (Å²) in [6.07, 6.45) is 5.49. The number of anilines is 2. The molecule has 2 saturated carbocycles. The Hall–Kier alpha value is -1.37. The number of hydrogen-bond acceptors (Lipinski definition) is 5. The van der Waals surface area contributed by atoms with E-state index in [9.17, 15) is 4.79 Å². The predicted octanol–water partition coefficient (Wildman–Crippen LogP) is 2.74. The van der Waals surface area contributed by atoms with Crippen LogP contribution in [0.3, 0.4) is 0 Å². The molecule has 1 aliphatic heterocycles. The summed E-state index contributed by atoms with van der Waals surface area (Å²) in [5.74, 6) is 2.21. The van der Waals surface area contributed by atoms with Gasteiger partial charge < -0.3 is 20.7 Å². The number of amides is 1. The molecule has 0 spiro atoms. The summed E-state index contributed by atoms with van der Waals surface area (Å²) in [5, 5.41) is 3.13. The first kappa shape index (κ1) is 20.4. The molecule has 1 saturated heterocycles. The van der Waals surface area contributed by atoms with Crippen molar-refractivity contribution < 1.29 is 9.53 Å². The number of pyridine rings is 1. The number of morpholine rings is 1. The van der Waals surface area contributed by atoms with Gasteiger partial charge in [0.25, 0.3) is 0 Å². The fourth-order valence-electron chi connectivity index (χ4n) is 4.89. The van der Waals surface area contributed by atoms with Gasteiger partial charge in [-0.1, -0.05) is 6.42 Å². The average Bonchev–Trinajstić information content (AvgIpc) is 2.64. The van der Waals surface area contributed by atoms with Crippen LogP contribution in [0.4, 0.5) is 11.5 Å². The molecule has 2 aliphatic carbocycles. The van der Waals surface area contributed by atoms with Gasteiger partial charge in [0.05, 0.1) is 24.6 Å². The highest BCUT2D eigenvalue weighted by atomic mass is 35.5. The molecule has 4 rings (SSSR count). The Balaban J connectivity index is 0.00000210. The van der Waals surface area contributed by atoms with Gasteiger partial charge in [0, 0.05) is 25.0 Å². The third-order valence-electron chi connectivity index (χ3n) is 6.45. The number of carbonyl (C=O) groups is 1. The van der Waals surface area contributed by atoms with E-state index < -0.39 is 0 Å². The Labute approximate surface area is 167 Å². The molecule has 150 valence electrons. The van der Waals surface area contributed by atoms with E-state index in [0.29, 0.717) is 17.9 Å². The molecule has 27 heavy (non-hydrogen) atoms. The van der Waals surface area contributed by atoms with Gasteiger partial charge in [0.1, 0.15) is 5.82 Å². The second kappa shape index (κ2) is 8.76. The summed E-state index contributed by atoms with van der Waals surface area (Å²) in [7, 11) is 0. The fourth-order valence-corrected chi connectivity index (χ4v) is 4.89. The maximum atomic E-state index is 12.8. The van der Waals surface area contributed by atoms with Crippen molar-refractivity contribution in [1.29, 1.82) is 0 Å². The normalized spacial score (nSPS) is 30.4. The molecule has 2 bridgehead atoms. The Morgan fingerprint density at radius 2 is 1.89 bits per heavy atom. The predicted molar refractivity (Wildman–Crippen MR) is 109 cm³/mol. The Morgan fingerprint density at radius 3 is 2.52 bits per heavy atom. The minimum atomic E-state index is 0. The standard InChI is InChI=1S/C20H30N4O2.ClH/c1-13-17(5-6-18(22-13)24-7-9-26-10-8-24)23-20(25)16-11-14-3-2-4-15(12-16)19(14)21;/h5-6,14-16,19H,2-4,7-12,21H2,1H3,(H,23,25);1H. The third kappa shape index (κ3) is 4.39. The summed E-state index contributed by atoms with van der Waals surface area (Å²) in [6.45, 7) is 5.17. The molecule has 2 atom stereocenters. The Kier molecular flexibility index (Phi) is 6.61. The number of carbonyl (C=O) groups excluding carboxylic acids is 1. The molecule has 1 amide bonds. The quantitative estimate of drug-likeness (QED) is 0.823. The zero-order valence-electron chi connectivity index (χ0n) is 16.0. The lowest BCUT2D eigenvalue weighted by Gasteiger charge is -2.43. The molecule has 1 aromatic rings. The van der Waals surface area contributed by atoms with Crippen molar-refractivity contribution >= 4 is 29.8 Å². The van der Waals surface area contributed by atoms with Crippen LogP contribution in [-0.2, 0) is 9.53 Å². The van der Waals surface area contributed by atoms with Gasteiger partial charge in [0.15, 0.2) is 0 Å². The lowest BCUT2D eigenvalue weighted by atomic mass is 9.65. The first-order valence-electron chi connectivity index (χ1n) is 9.98. The smallest absolute Gasteiger partial charge is 0.227 e. The highest BCUT2D eigenvalue weighted by Crippen LogP contribution is 2.42. The lowest BCUT2D eigenvalue weighted by molar-refractivity contribution is -0.122. The number of nitrogens with two attached hydrogens (primary N) is 1. The molecule has 3 aliphatic rings. The molecule has 1 aromatic heterocycles. The highest BCUT2D eigenvalue weighted by molar-refractivity contribution is 5.93. The number of aryl methyl sites for hydroxylation is 1. The van der Waals surface area contributed by atoms with E-state index in [0.717, 1.165) is 56.3 Å². The molecule has 3 N–H and O–H groups in total. The van der Waals surface area contributed by atoms with Crippen LogP contribution in [0.5, 0.6) is 0 Å². The van der Waals surface area contributed by atoms with Crippen molar-refractivity contribution in [3.8, 4) is 0 Å². The van der Waals surface area contributed by atoms with Gasteiger partial charge in [-0.2, -0.15) is 0 Å². The molecule has 2 unspecified atom stereocenters. The molecule has 6 nitrogen and oxygen atoms in total. The van der Waals surface area contributed by atoms with Crippen molar-refractivity contribution in [2.45, 2.75) is 45.1 Å². The summed E-state index contributed by atoms with van der Waals surface area (Å²) in [4.78, 5) is 19.8. The first-order chi connectivity index (χ1) is 12.6. The highest BCUT2D eigenvalue weighted by Gasteiger charge is 2.40. The summed E-state index contributed by atoms with van der Waals surface area (Å²) < 4.78 is 5.40. The number of halogens is 1. The van der Waals surface area contributed by atoms with E-state index in [1.165, 1.54) is 19.3 Å². The van der Waals surface area contributed by atoms with E-state index in [1.807, 2.05) is 19.1 Å². The van der Waals surface area contributed by atoms with Crippen molar-refractivity contribution in [2.24, 2.45) is 23.5 Å². The summed E-state index contributed by atoms with van der Waals surface area (Å²) >= 11 is 0. The molecular formula is C20H31ClN4O2. The van der Waals surface area contributed by atoms with E-state index in [1.54, 1.807) is 0 Å². The first-order valence-corrected chi connectivity index (χ1v) is 9.98. The van der Waals surface area contributed by atoms with E-state index in [2.05, 4.69) is 10.2 Å². The minimum Gasteiger partial charge on any atom is -0.378 e. The molecule has 2 heterocycles. The number of nitrogens with one attached hydrogen (secondary N) is 1. The van der Waals surface area contributed by atoms with E-state index in [4.69, 9.17) is 15.5 Å². The number of rotatable bonds is 3. The molecule has 7 heteroatoms. The van der Waals surface area contributed by atoms with Gasteiger partial charge in [-0.15, -0.1) is 12.4 Å². The molecular weight excluding hydrogens is 364 g/mol. The van der Waals surface area contributed by atoms with Crippen LogP contribution < -0.4 is 16.0 Å². The fraction of sp³-hybridized carbons (Fsp3) is 0.700. The van der Waals surface area contributed by atoms with Crippen LogP contribution in [0.1, 0.15) is 37.8 Å². The lowest BCUT2D eigenvalue weighted by Crippen LogP contribution is -2.48. The number of nitrogens with zero attached hydrogens (tertiary/aromatic N) is 2. The van der Waals surface area contributed by atoms with Crippen LogP contribution in [0, 0.1) is 24.7 Å². The largest absolute Gasteiger partial charge is 0.378 e. The van der Waals surface area contributed by atoms with Crippen LogP contribution in [0.2, 0.25) is 0 Å². The number of aromatic nitrogens is 1. The summed E-state index contributed by atoms with van der Waals surface area (Å²) in [5.41, 5.74) is 8.05. The van der Waals surface area contributed by atoms with E-state index >= 15 is 0 Å². The van der Waals surface area contributed by atoms with Gasteiger partial charge in [-0.3, -0.25) is 4.79 Å². The molecule has 0 aromatic carbocycles. The van der Waals surface area contributed by atoms with Crippen LogP contribution in [0.25, 0.3) is 0 Å². The third-order valence-corrected chi connectivity index (χ3v) is 6.45. The van der Waals surface area contributed by atoms with Crippen molar-refractivity contribution in [1.82, 2.24) is 4.98 Å². The minimum absolute atomic E-state index is 0. The van der Waals surface area contributed by atoms with Gasteiger partial charge >= 0.3 is 0 Å². The van der Waals surface area contributed by atoms with Crippen LogP contribution >= 0.6 is 12.4 Å². The van der Waals surface area contributed by atoms with Crippen LogP contribution in [0.15, 0.2) is 12.1 Å². The topological polar surface area (TPSA) is 80.5 Å². The Bertz CT molecular complexity index is 651.